The van der Waals surface area contributed by atoms with Crippen LogP contribution in [0.1, 0.15) is 37.7 Å². The summed E-state index contributed by atoms with van der Waals surface area (Å²) in [6.07, 6.45) is 8.63. The van der Waals surface area contributed by atoms with Crippen LogP contribution in [0.5, 0.6) is 0 Å². The summed E-state index contributed by atoms with van der Waals surface area (Å²) < 4.78 is 1.84. The van der Waals surface area contributed by atoms with Gasteiger partial charge in [0.05, 0.1) is 29.3 Å². The van der Waals surface area contributed by atoms with Gasteiger partial charge in [0.1, 0.15) is 12.1 Å². The molecule has 3 aliphatic carbocycles. The number of aliphatic hydroxyl groups excluding tert-OH is 1. The number of benzene rings is 1. The number of hydrogen-bond acceptors (Lipinski definition) is 6. The number of hydrogen-bond donors (Lipinski definition) is 1. The number of nitrogens with zero attached hydrogens (tertiary/aromatic N) is 6. The molecule has 30 heavy (non-hydrogen) atoms. The molecular weight excluding hydrogens is 376 g/mol. The molecule has 1 aliphatic heterocycles. The number of anilines is 1. The summed E-state index contributed by atoms with van der Waals surface area (Å²) >= 11 is 0. The van der Waals surface area contributed by atoms with Gasteiger partial charge in [-0.25, -0.2) is 14.6 Å². The highest BCUT2D eigenvalue weighted by molar-refractivity contribution is 5.82. The van der Waals surface area contributed by atoms with Gasteiger partial charge in [-0.2, -0.15) is 10.4 Å². The zero-order valence-corrected chi connectivity index (χ0v) is 16.6. The summed E-state index contributed by atoms with van der Waals surface area (Å²) in [4.78, 5) is 11.1. The van der Waals surface area contributed by atoms with Gasteiger partial charge >= 0.3 is 0 Å². The number of fused-ring (bicyclic) bond motifs is 1. The SMILES string of the molecule is N#C[C@@]1(c2ccc3cnn(-c4cc(N5CC(O)C6(CC6)C5)ncn4)c3c2)CC12CC2. The second-order valence-corrected chi connectivity index (χ2v) is 9.80. The Morgan fingerprint density at radius 1 is 1.10 bits per heavy atom. The number of aliphatic hydroxyl groups is 1. The fourth-order valence-electron chi connectivity index (χ4n) is 5.72. The van der Waals surface area contributed by atoms with E-state index in [9.17, 15) is 10.4 Å². The number of aromatic nitrogens is 4. The molecule has 0 amide bonds. The Bertz CT molecular complexity index is 1250. The van der Waals surface area contributed by atoms with Gasteiger partial charge in [0.15, 0.2) is 5.82 Å². The normalized spacial score (nSPS) is 29.5. The first-order chi connectivity index (χ1) is 14.6. The molecule has 1 unspecified atom stereocenters. The average Bonchev–Trinajstić information content (AvgIpc) is 3.72. The molecule has 3 saturated carbocycles. The van der Waals surface area contributed by atoms with E-state index in [2.05, 4.69) is 44.2 Å². The van der Waals surface area contributed by atoms with Crippen LogP contribution in [0.4, 0.5) is 5.82 Å². The molecule has 4 fully saturated rings. The smallest absolute Gasteiger partial charge is 0.159 e. The molecule has 1 aromatic carbocycles. The zero-order chi connectivity index (χ0) is 20.1. The van der Waals surface area contributed by atoms with Gasteiger partial charge < -0.3 is 10.0 Å². The fourth-order valence-corrected chi connectivity index (χ4v) is 5.72. The number of β-amino-alcohol motifs (C(OH)–C–C–N with tert-alkyl or cyclic N) is 1. The molecule has 0 radical (unpaired) electrons. The van der Waals surface area contributed by atoms with Crippen molar-refractivity contribution in [2.75, 3.05) is 18.0 Å². The lowest BCUT2D eigenvalue weighted by Gasteiger charge is -2.17. The van der Waals surface area contributed by atoms with Crippen molar-refractivity contribution in [3.63, 3.8) is 0 Å². The molecule has 1 N–H and O–H groups in total. The van der Waals surface area contributed by atoms with E-state index in [0.717, 1.165) is 60.9 Å². The molecule has 3 aromatic rings. The predicted octanol–water partition coefficient (Wildman–Crippen LogP) is 2.72. The Balaban J connectivity index is 1.28. The van der Waals surface area contributed by atoms with E-state index >= 15 is 0 Å². The van der Waals surface area contributed by atoms with Crippen LogP contribution in [0.2, 0.25) is 0 Å². The van der Waals surface area contributed by atoms with Crippen molar-refractivity contribution in [1.29, 1.82) is 5.26 Å². The van der Waals surface area contributed by atoms with Gasteiger partial charge in [0.2, 0.25) is 0 Å². The molecule has 0 bridgehead atoms. The molecule has 7 heteroatoms. The maximum Gasteiger partial charge on any atom is 0.159 e. The summed E-state index contributed by atoms with van der Waals surface area (Å²) in [6.45, 7) is 1.47. The van der Waals surface area contributed by atoms with Crippen molar-refractivity contribution >= 4 is 16.7 Å². The van der Waals surface area contributed by atoms with E-state index in [1.54, 1.807) is 6.33 Å². The Labute approximate surface area is 174 Å². The third-order valence-electron chi connectivity index (χ3n) is 8.17. The molecule has 4 aliphatic rings. The maximum atomic E-state index is 10.4. The molecule has 2 spiro atoms. The molecule has 1 saturated heterocycles. The molecule has 3 heterocycles. The first kappa shape index (κ1) is 16.8. The minimum absolute atomic E-state index is 0.0764. The second kappa shape index (κ2) is 5.19. The van der Waals surface area contributed by atoms with E-state index in [1.807, 2.05) is 16.9 Å². The van der Waals surface area contributed by atoms with Crippen LogP contribution in [0, 0.1) is 22.2 Å². The third kappa shape index (κ3) is 2.04. The van der Waals surface area contributed by atoms with Crippen LogP contribution in [-0.2, 0) is 5.41 Å². The lowest BCUT2D eigenvalue weighted by atomic mass is 9.93. The van der Waals surface area contributed by atoms with E-state index in [0.29, 0.717) is 12.4 Å². The minimum atomic E-state index is -0.322. The summed E-state index contributed by atoms with van der Waals surface area (Å²) in [5, 5.41) is 25.9. The lowest BCUT2D eigenvalue weighted by molar-refractivity contribution is 0.136. The van der Waals surface area contributed by atoms with Gasteiger partial charge in [-0.15, -0.1) is 0 Å². The molecular formula is C23H22N6O. The van der Waals surface area contributed by atoms with Crippen molar-refractivity contribution in [3.05, 3.63) is 42.4 Å². The summed E-state index contributed by atoms with van der Waals surface area (Å²) in [7, 11) is 0. The van der Waals surface area contributed by atoms with Gasteiger partial charge in [-0.3, -0.25) is 0 Å². The van der Waals surface area contributed by atoms with Crippen LogP contribution in [0.3, 0.4) is 0 Å². The first-order valence-corrected chi connectivity index (χ1v) is 10.7. The first-order valence-electron chi connectivity index (χ1n) is 10.7. The fraction of sp³-hybridized carbons (Fsp3) is 0.478. The van der Waals surface area contributed by atoms with E-state index in [1.165, 1.54) is 0 Å². The van der Waals surface area contributed by atoms with E-state index in [-0.39, 0.29) is 22.3 Å². The maximum absolute atomic E-state index is 10.4. The lowest BCUT2D eigenvalue weighted by Crippen LogP contribution is -2.22. The molecule has 150 valence electrons. The highest BCUT2D eigenvalue weighted by atomic mass is 16.3. The van der Waals surface area contributed by atoms with Crippen molar-refractivity contribution in [3.8, 4) is 11.9 Å². The van der Waals surface area contributed by atoms with Gasteiger partial charge in [0, 0.05) is 30.0 Å². The summed E-state index contributed by atoms with van der Waals surface area (Å²) in [5.74, 6) is 1.54. The van der Waals surface area contributed by atoms with Crippen LogP contribution in [-0.4, -0.2) is 44.0 Å². The third-order valence-corrected chi connectivity index (χ3v) is 8.17. The Morgan fingerprint density at radius 2 is 1.93 bits per heavy atom. The van der Waals surface area contributed by atoms with E-state index < -0.39 is 0 Å². The molecule has 2 aromatic heterocycles. The van der Waals surface area contributed by atoms with Crippen molar-refractivity contribution < 1.29 is 5.11 Å². The number of rotatable bonds is 3. The van der Waals surface area contributed by atoms with Crippen molar-refractivity contribution in [2.24, 2.45) is 10.8 Å². The van der Waals surface area contributed by atoms with Crippen LogP contribution < -0.4 is 4.90 Å². The molecule has 7 rings (SSSR count). The van der Waals surface area contributed by atoms with E-state index in [4.69, 9.17) is 0 Å². The highest BCUT2D eigenvalue weighted by Gasteiger charge is 2.75. The Morgan fingerprint density at radius 3 is 2.63 bits per heavy atom. The number of nitriles is 1. The standard InChI is InChI=1S/C23H22N6O/c24-12-23(11-22(23)5-6-22)16-2-1-15-9-27-29(17(15)7-16)20-8-19(25-14-26-20)28-10-18(30)21(13-28)3-4-21/h1-2,7-9,14,18,30H,3-6,10-11,13H2/t18?,23-/m1/s1. The topological polar surface area (TPSA) is 90.9 Å². The van der Waals surface area contributed by atoms with Crippen molar-refractivity contribution in [1.82, 2.24) is 19.7 Å². The average molecular weight is 398 g/mol. The highest BCUT2D eigenvalue weighted by Crippen LogP contribution is 2.78. The Kier molecular flexibility index (Phi) is 2.90. The van der Waals surface area contributed by atoms with Crippen molar-refractivity contribution in [2.45, 2.75) is 43.6 Å². The summed E-state index contributed by atoms with van der Waals surface area (Å²) in [5.41, 5.74) is 2.06. The minimum Gasteiger partial charge on any atom is -0.391 e. The van der Waals surface area contributed by atoms with Crippen LogP contribution in [0.25, 0.3) is 16.7 Å². The van der Waals surface area contributed by atoms with Gasteiger partial charge in [0.25, 0.3) is 0 Å². The predicted molar refractivity (Wildman–Crippen MR) is 110 cm³/mol. The van der Waals surface area contributed by atoms with Gasteiger partial charge in [-0.05, 0) is 49.1 Å². The second-order valence-electron chi connectivity index (χ2n) is 9.80. The summed E-state index contributed by atoms with van der Waals surface area (Å²) in [6, 6.07) is 10.9. The Hall–Kier alpha value is -2.98. The largest absolute Gasteiger partial charge is 0.391 e. The van der Waals surface area contributed by atoms with Crippen LogP contribution >= 0.6 is 0 Å². The monoisotopic (exact) mass is 398 g/mol. The van der Waals surface area contributed by atoms with Crippen LogP contribution in [0.15, 0.2) is 36.8 Å². The quantitative estimate of drug-likeness (QED) is 0.730. The zero-order valence-electron chi connectivity index (χ0n) is 16.6. The molecule has 2 atom stereocenters. The van der Waals surface area contributed by atoms with Gasteiger partial charge in [-0.1, -0.05) is 12.1 Å². The molecule has 7 nitrogen and oxygen atoms in total.